The van der Waals surface area contributed by atoms with E-state index in [-0.39, 0.29) is 0 Å². The number of ether oxygens (including phenoxy) is 2. The van der Waals surface area contributed by atoms with Crippen LogP contribution in [0.4, 0.5) is 0 Å². The molecule has 0 radical (unpaired) electrons. The van der Waals surface area contributed by atoms with Gasteiger partial charge in [-0.3, -0.25) is 0 Å². The standard InChI is InChI=1S/C10H13NO4S/c1-6-5-16-7(4-8(12)14-2)11-9(6)10(13)15-3/h4,11H,5H2,1-3H3/b7-4+. The minimum Gasteiger partial charge on any atom is -0.466 e. The molecule has 0 unspecified atom stereocenters. The van der Waals surface area contributed by atoms with Crippen LogP contribution < -0.4 is 5.32 Å². The van der Waals surface area contributed by atoms with Gasteiger partial charge in [-0.05, 0) is 12.5 Å². The first kappa shape index (κ1) is 12.6. The number of nitrogens with one attached hydrogen (secondary N) is 1. The van der Waals surface area contributed by atoms with Crippen LogP contribution in [0.5, 0.6) is 0 Å². The summed E-state index contributed by atoms with van der Waals surface area (Å²) in [7, 11) is 2.62. The van der Waals surface area contributed by atoms with Crippen LogP contribution in [-0.4, -0.2) is 31.9 Å². The molecule has 1 rings (SSSR count). The fourth-order valence-electron chi connectivity index (χ4n) is 1.10. The van der Waals surface area contributed by atoms with Crippen LogP contribution in [0.2, 0.25) is 0 Å². The van der Waals surface area contributed by atoms with Crippen molar-refractivity contribution in [1.82, 2.24) is 5.32 Å². The molecule has 1 heterocycles. The Morgan fingerprint density at radius 1 is 1.38 bits per heavy atom. The topological polar surface area (TPSA) is 64.6 Å². The Kier molecular flexibility index (Phi) is 4.42. The first-order valence-electron chi connectivity index (χ1n) is 4.56. The van der Waals surface area contributed by atoms with Crippen molar-refractivity contribution in [2.45, 2.75) is 6.92 Å². The van der Waals surface area contributed by atoms with Crippen LogP contribution in [-0.2, 0) is 19.1 Å². The van der Waals surface area contributed by atoms with E-state index in [4.69, 9.17) is 0 Å². The summed E-state index contributed by atoms with van der Waals surface area (Å²) in [6.07, 6.45) is 1.31. The van der Waals surface area contributed by atoms with Crippen LogP contribution in [0.3, 0.4) is 0 Å². The van der Waals surface area contributed by atoms with E-state index < -0.39 is 11.9 Å². The molecule has 0 aromatic heterocycles. The van der Waals surface area contributed by atoms with Crippen LogP contribution in [0, 0.1) is 0 Å². The van der Waals surface area contributed by atoms with E-state index >= 15 is 0 Å². The maximum absolute atomic E-state index is 11.4. The Hall–Kier alpha value is -1.43. The lowest BCUT2D eigenvalue weighted by Crippen LogP contribution is -2.26. The number of carbonyl (C=O) groups is 2. The van der Waals surface area contributed by atoms with E-state index in [0.29, 0.717) is 16.5 Å². The lowest BCUT2D eigenvalue weighted by Gasteiger charge is -2.20. The average molecular weight is 243 g/mol. The summed E-state index contributed by atoms with van der Waals surface area (Å²) in [5.41, 5.74) is 1.27. The van der Waals surface area contributed by atoms with E-state index in [1.165, 1.54) is 32.1 Å². The third kappa shape index (κ3) is 3.03. The predicted octanol–water partition coefficient (Wildman–Crippen LogP) is 0.784. The van der Waals surface area contributed by atoms with Crippen molar-refractivity contribution < 1.29 is 19.1 Å². The Morgan fingerprint density at radius 3 is 2.62 bits per heavy atom. The fraction of sp³-hybridized carbons (Fsp3) is 0.400. The summed E-state index contributed by atoms with van der Waals surface area (Å²) < 4.78 is 9.13. The van der Waals surface area contributed by atoms with Crippen molar-refractivity contribution in [3.05, 3.63) is 22.4 Å². The van der Waals surface area contributed by atoms with Gasteiger partial charge in [0.25, 0.3) is 0 Å². The number of hydrogen-bond acceptors (Lipinski definition) is 6. The highest BCUT2D eigenvalue weighted by molar-refractivity contribution is 8.03. The van der Waals surface area contributed by atoms with Gasteiger partial charge in [0, 0.05) is 5.75 Å². The molecule has 1 N–H and O–H groups in total. The maximum Gasteiger partial charge on any atom is 0.354 e. The van der Waals surface area contributed by atoms with Gasteiger partial charge in [0.15, 0.2) is 0 Å². The molecule has 1 aliphatic rings. The first-order chi connectivity index (χ1) is 7.58. The number of esters is 2. The van der Waals surface area contributed by atoms with Gasteiger partial charge in [0.1, 0.15) is 5.70 Å². The molecule has 0 aromatic carbocycles. The van der Waals surface area contributed by atoms with Gasteiger partial charge >= 0.3 is 11.9 Å². The largest absolute Gasteiger partial charge is 0.466 e. The lowest BCUT2D eigenvalue weighted by molar-refractivity contribution is -0.137. The highest BCUT2D eigenvalue weighted by Crippen LogP contribution is 2.25. The normalized spacial score (nSPS) is 18.1. The molecule has 0 spiro atoms. The van der Waals surface area contributed by atoms with Crippen molar-refractivity contribution in [3.8, 4) is 0 Å². The second kappa shape index (κ2) is 5.60. The van der Waals surface area contributed by atoms with Crippen molar-refractivity contribution in [3.63, 3.8) is 0 Å². The zero-order valence-electron chi connectivity index (χ0n) is 9.33. The summed E-state index contributed by atoms with van der Waals surface area (Å²) in [4.78, 5) is 22.4. The number of hydrogen-bond donors (Lipinski definition) is 1. The molecule has 0 aliphatic carbocycles. The Bertz CT molecular complexity index is 373. The molecule has 5 nitrogen and oxygen atoms in total. The second-order valence-electron chi connectivity index (χ2n) is 3.09. The maximum atomic E-state index is 11.4. The smallest absolute Gasteiger partial charge is 0.354 e. The Morgan fingerprint density at radius 2 is 2.06 bits per heavy atom. The Labute approximate surface area is 97.9 Å². The van der Waals surface area contributed by atoms with Gasteiger partial charge in [0.2, 0.25) is 0 Å². The summed E-state index contributed by atoms with van der Waals surface area (Å²) in [5.74, 6) is -0.257. The van der Waals surface area contributed by atoms with Gasteiger partial charge < -0.3 is 14.8 Å². The molecule has 88 valence electrons. The van der Waals surface area contributed by atoms with Gasteiger partial charge in [-0.2, -0.15) is 0 Å². The molecule has 1 aliphatic heterocycles. The van der Waals surface area contributed by atoms with E-state index in [9.17, 15) is 9.59 Å². The minimum absolute atomic E-state index is 0.386. The number of methoxy groups -OCH3 is 2. The predicted molar refractivity (Wildman–Crippen MR) is 60.4 cm³/mol. The molecule has 0 amide bonds. The van der Waals surface area contributed by atoms with E-state index in [2.05, 4.69) is 14.8 Å². The molecule has 16 heavy (non-hydrogen) atoms. The van der Waals surface area contributed by atoms with E-state index in [1.807, 2.05) is 6.92 Å². The van der Waals surface area contributed by atoms with Crippen LogP contribution in [0.25, 0.3) is 0 Å². The molecular weight excluding hydrogens is 230 g/mol. The molecule has 0 aromatic rings. The second-order valence-corrected chi connectivity index (χ2v) is 4.11. The SMILES string of the molecule is COC(=O)/C=C1\NC(C(=O)OC)=C(C)CS1. The molecule has 6 heteroatoms. The monoisotopic (exact) mass is 243 g/mol. The van der Waals surface area contributed by atoms with Gasteiger partial charge in [-0.15, -0.1) is 11.8 Å². The van der Waals surface area contributed by atoms with Crippen LogP contribution in [0.1, 0.15) is 6.92 Å². The summed E-state index contributed by atoms with van der Waals surface area (Å²) in [6.45, 7) is 1.83. The molecule has 0 saturated heterocycles. The highest BCUT2D eigenvalue weighted by Gasteiger charge is 2.20. The van der Waals surface area contributed by atoms with Crippen molar-refractivity contribution in [2.75, 3.05) is 20.0 Å². The van der Waals surface area contributed by atoms with Crippen LogP contribution >= 0.6 is 11.8 Å². The van der Waals surface area contributed by atoms with Gasteiger partial charge in [-0.1, -0.05) is 0 Å². The summed E-state index contributed by atoms with van der Waals surface area (Å²) in [6, 6.07) is 0. The van der Waals surface area contributed by atoms with E-state index in [0.717, 1.165) is 5.57 Å². The number of carbonyl (C=O) groups excluding carboxylic acids is 2. The average Bonchev–Trinajstić information content (AvgIpc) is 2.30. The molecule has 0 atom stereocenters. The molecule has 0 bridgehead atoms. The third-order valence-electron chi connectivity index (χ3n) is 1.96. The summed E-state index contributed by atoms with van der Waals surface area (Å²) in [5, 5.41) is 3.43. The molecule has 0 saturated carbocycles. The van der Waals surface area contributed by atoms with Crippen LogP contribution in [0.15, 0.2) is 22.4 Å². The van der Waals surface area contributed by atoms with E-state index in [1.54, 1.807) is 0 Å². The molecular formula is C10H13NO4S. The highest BCUT2D eigenvalue weighted by atomic mass is 32.2. The lowest BCUT2D eigenvalue weighted by atomic mass is 10.2. The number of thioether (sulfide) groups is 1. The summed E-state index contributed by atoms with van der Waals surface area (Å²) >= 11 is 1.43. The van der Waals surface area contributed by atoms with Crippen molar-refractivity contribution in [1.29, 1.82) is 0 Å². The fourth-order valence-corrected chi connectivity index (χ4v) is 1.97. The zero-order chi connectivity index (χ0) is 12.1. The van der Waals surface area contributed by atoms with Crippen molar-refractivity contribution in [2.24, 2.45) is 0 Å². The molecule has 0 fully saturated rings. The minimum atomic E-state index is -0.459. The Balaban J connectivity index is 2.84. The quantitative estimate of drug-likeness (QED) is 0.571. The zero-order valence-corrected chi connectivity index (χ0v) is 10.1. The third-order valence-corrected chi connectivity index (χ3v) is 3.07. The van der Waals surface area contributed by atoms with Crippen molar-refractivity contribution >= 4 is 23.7 Å². The van der Waals surface area contributed by atoms with Gasteiger partial charge in [0.05, 0.1) is 25.3 Å². The first-order valence-corrected chi connectivity index (χ1v) is 5.54. The van der Waals surface area contributed by atoms with Gasteiger partial charge in [-0.25, -0.2) is 9.59 Å². The number of rotatable bonds is 2.